The van der Waals surface area contributed by atoms with Gasteiger partial charge in [-0.1, -0.05) is 24.3 Å². The number of likely N-dealkylation sites (N-methyl/N-ethyl adjacent to an activating group) is 1. The molecular formula is C22H23N3O4S2. The summed E-state index contributed by atoms with van der Waals surface area (Å²) >= 11 is 1.55. The van der Waals surface area contributed by atoms with Crippen molar-refractivity contribution in [3.8, 4) is 10.6 Å². The first-order valence-corrected chi connectivity index (χ1v) is 12.8. The Kier molecular flexibility index (Phi) is 6.06. The van der Waals surface area contributed by atoms with Gasteiger partial charge in [-0.3, -0.25) is 9.59 Å². The van der Waals surface area contributed by atoms with E-state index in [9.17, 15) is 18.0 Å². The summed E-state index contributed by atoms with van der Waals surface area (Å²) in [5, 5.41) is 5.44. The zero-order valence-electron chi connectivity index (χ0n) is 17.1. The van der Waals surface area contributed by atoms with Crippen LogP contribution in [0.25, 0.3) is 21.5 Å². The SMILES string of the molecule is CCN(CC(=O)NC1CCS(=O)(=O)C1)C(=O)c1cc(-c2cccs2)nc2ccccc12. The van der Waals surface area contributed by atoms with Crippen LogP contribution in [0, 0.1) is 0 Å². The molecule has 1 aliphatic heterocycles. The maximum absolute atomic E-state index is 13.4. The molecule has 1 N–H and O–H groups in total. The maximum atomic E-state index is 13.4. The van der Waals surface area contributed by atoms with Crippen LogP contribution in [0.2, 0.25) is 0 Å². The smallest absolute Gasteiger partial charge is 0.255 e. The van der Waals surface area contributed by atoms with E-state index in [1.165, 1.54) is 4.90 Å². The molecule has 2 aromatic heterocycles. The van der Waals surface area contributed by atoms with Crippen LogP contribution in [0.15, 0.2) is 47.8 Å². The lowest BCUT2D eigenvalue weighted by Crippen LogP contribution is -2.44. The lowest BCUT2D eigenvalue weighted by Gasteiger charge is -2.22. The highest BCUT2D eigenvalue weighted by Crippen LogP contribution is 2.28. The second-order valence-electron chi connectivity index (χ2n) is 7.54. The average Bonchev–Trinajstić information content (AvgIpc) is 3.40. The van der Waals surface area contributed by atoms with Crippen LogP contribution in [0.5, 0.6) is 0 Å². The molecule has 0 bridgehead atoms. The van der Waals surface area contributed by atoms with Crippen molar-refractivity contribution in [3.63, 3.8) is 0 Å². The molecule has 0 aliphatic carbocycles. The number of thiophene rings is 1. The van der Waals surface area contributed by atoms with Gasteiger partial charge in [0.15, 0.2) is 9.84 Å². The second kappa shape index (κ2) is 8.76. The number of carbonyl (C=O) groups excluding carboxylic acids is 2. The topological polar surface area (TPSA) is 96.4 Å². The van der Waals surface area contributed by atoms with Gasteiger partial charge in [-0.05, 0) is 36.9 Å². The minimum Gasteiger partial charge on any atom is -0.351 e. The standard InChI is InChI=1S/C22H23N3O4S2/c1-2-25(13-21(26)23-15-9-11-31(28,29)14-15)22(27)17-12-19(20-8-5-10-30-20)24-18-7-4-3-6-16(17)18/h3-8,10,12,15H,2,9,11,13-14H2,1H3,(H,23,26). The third kappa shape index (κ3) is 4.77. The van der Waals surface area contributed by atoms with Crippen molar-refractivity contribution in [2.75, 3.05) is 24.6 Å². The summed E-state index contributed by atoms with van der Waals surface area (Å²) in [6.45, 7) is 2.03. The monoisotopic (exact) mass is 457 g/mol. The lowest BCUT2D eigenvalue weighted by atomic mass is 10.1. The Morgan fingerprint density at radius 2 is 2.03 bits per heavy atom. The molecule has 0 spiro atoms. The molecule has 1 aliphatic rings. The van der Waals surface area contributed by atoms with Gasteiger partial charge in [0.1, 0.15) is 0 Å². The van der Waals surface area contributed by atoms with Gasteiger partial charge in [0, 0.05) is 18.0 Å². The fourth-order valence-electron chi connectivity index (χ4n) is 3.76. The molecule has 1 saturated heterocycles. The van der Waals surface area contributed by atoms with E-state index in [-0.39, 0.29) is 29.9 Å². The number of nitrogens with zero attached hydrogens (tertiary/aromatic N) is 2. The third-order valence-electron chi connectivity index (χ3n) is 5.32. The second-order valence-corrected chi connectivity index (χ2v) is 10.7. The Labute approximate surface area is 185 Å². The molecule has 3 heterocycles. The van der Waals surface area contributed by atoms with Crippen molar-refractivity contribution in [3.05, 3.63) is 53.4 Å². The van der Waals surface area contributed by atoms with E-state index in [0.29, 0.717) is 29.7 Å². The molecule has 0 saturated carbocycles. The fourth-order valence-corrected chi connectivity index (χ4v) is 6.12. The van der Waals surface area contributed by atoms with E-state index in [0.717, 1.165) is 10.3 Å². The van der Waals surface area contributed by atoms with E-state index in [2.05, 4.69) is 5.32 Å². The lowest BCUT2D eigenvalue weighted by molar-refractivity contribution is -0.122. The van der Waals surface area contributed by atoms with Crippen molar-refractivity contribution < 1.29 is 18.0 Å². The van der Waals surface area contributed by atoms with E-state index >= 15 is 0 Å². The Bertz CT molecular complexity index is 1220. The van der Waals surface area contributed by atoms with Gasteiger partial charge in [-0.2, -0.15) is 0 Å². The van der Waals surface area contributed by atoms with Crippen LogP contribution < -0.4 is 5.32 Å². The van der Waals surface area contributed by atoms with Crippen molar-refractivity contribution in [1.82, 2.24) is 15.2 Å². The van der Waals surface area contributed by atoms with Gasteiger partial charge in [0.2, 0.25) is 5.91 Å². The van der Waals surface area contributed by atoms with Crippen LogP contribution in [0.3, 0.4) is 0 Å². The summed E-state index contributed by atoms with van der Waals surface area (Å²) in [6.07, 6.45) is 0.410. The molecule has 31 heavy (non-hydrogen) atoms. The number of hydrogen-bond donors (Lipinski definition) is 1. The van der Waals surface area contributed by atoms with Gasteiger partial charge in [0.05, 0.1) is 39.7 Å². The molecule has 162 valence electrons. The van der Waals surface area contributed by atoms with Crippen LogP contribution in [0.4, 0.5) is 0 Å². The van der Waals surface area contributed by atoms with Gasteiger partial charge in [-0.25, -0.2) is 13.4 Å². The first kappa shape index (κ1) is 21.5. The maximum Gasteiger partial charge on any atom is 0.255 e. The van der Waals surface area contributed by atoms with E-state index in [4.69, 9.17) is 4.98 Å². The number of nitrogens with one attached hydrogen (secondary N) is 1. The molecule has 1 fully saturated rings. The molecule has 2 amide bonds. The molecule has 1 atom stereocenters. The third-order valence-corrected chi connectivity index (χ3v) is 7.98. The van der Waals surface area contributed by atoms with Gasteiger partial charge in [0.25, 0.3) is 5.91 Å². The predicted molar refractivity (Wildman–Crippen MR) is 122 cm³/mol. The largest absolute Gasteiger partial charge is 0.351 e. The quantitative estimate of drug-likeness (QED) is 0.614. The first-order valence-electron chi connectivity index (χ1n) is 10.1. The zero-order valence-corrected chi connectivity index (χ0v) is 18.7. The van der Waals surface area contributed by atoms with E-state index in [1.54, 1.807) is 17.4 Å². The summed E-state index contributed by atoms with van der Waals surface area (Å²) in [4.78, 5) is 33.1. The van der Waals surface area contributed by atoms with E-state index < -0.39 is 15.9 Å². The Morgan fingerprint density at radius 1 is 1.23 bits per heavy atom. The highest BCUT2D eigenvalue weighted by Gasteiger charge is 2.30. The van der Waals surface area contributed by atoms with Gasteiger partial charge in [-0.15, -0.1) is 11.3 Å². The van der Waals surface area contributed by atoms with Crippen LogP contribution in [-0.2, 0) is 14.6 Å². The number of benzene rings is 1. The number of carbonyl (C=O) groups is 2. The number of para-hydroxylation sites is 1. The van der Waals surface area contributed by atoms with Crippen molar-refractivity contribution in [2.45, 2.75) is 19.4 Å². The summed E-state index contributed by atoms with van der Waals surface area (Å²) in [7, 11) is -3.09. The normalized spacial score (nSPS) is 17.5. The van der Waals surface area contributed by atoms with Gasteiger partial charge >= 0.3 is 0 Å². The molecule has 7 nitrogen and oxygen atoms in total. The summed E-state index contributed by atoms with van der Waals surface area (Å²) < 4.78 is 23.3. The number of hydrogen-bond acceptors (Lipinski definition) is 6. The molecule has 9 heteroatoms. The van der Waals surface area contributed by atoms with Crippen LogP contribution in [-0.4, -0.2) is 60.8 Å². The highest BCUT2D eigenvalue weighted by atomic mass is 32.2. The minimum atomic E-state index is -3.09. The molecule has 1 unspecified atom stereocenters. The average molecular weight is 458 g/mol. The first-order chi connectivity index (χ1) is 14.9. The summed E-state index contributed by atoms with van der Waals surface area (Å²) in [6, 6.07) is 12.7. The van der Waals surface area contributed by atoms with E-state index in [1.807, 2.05) is 48.7 Å². The minimum absolute atomic E-state index is 0.0437. The van der Waals surface area contributed by atoms with Crippen molar-refractivity contribution in [1.29, 1.82) is 0 Å². The number of fused-ring (bicyclic) bond motifs is 1. The fraction of sp³-hybridized carbons (Fsp3) is 0.318. The predicted octanol–water partition coefficient (Wildman–Crippen LogP) is 2.73. The zero-order chi connectivity index (χ0) is 22.0. The van der Waals surface area contributed by atoms with Crippen molar-refractivity contribution in [2.24, 2.45) is 0 Å². The molecule has 3 aromatic rings. The van der Waals surface area contributed by atoms with Crippen molar-refractivity contribution >= 4 is 43.9 Å². The number of amides is 2. The Morgan fingerprint density at radius 3 is 2.71 bits per heavy atom. The molecule has 1 aromatic carbocycles. The summed E-state index contributed by atoms with van der Waals surface area (Å²) in [5.41, 5.74) is 1.93. The Balaban J connectivity index is 1.59. The summed E-state index contributed by atoms with van der Waals surface area (Å²) in [5.74, 6) is -0.567. The number of aromatic nitrogens is 1. The van der Waals surface area contributed by atoms with Crippen LogP contribution in [0.1, 0.15) is 23.7 Å². The van der Waals surface area contributed by atoms with Gasteiger partial charge < -0.3 is 10.2 Å². The highest BCUT2D eigenvalue weighted by molar-refractivity contribution is 7.91. The molecular weight excluding hydrogens is 434 g/mol. The molecule has 0 radical (unpaired) electrons. The Hall–Kier alpha value is -2.78. The van der Waals surface area contributed by atoms with Crippen LogP contribution >= 0.6 is 11.3 Å². The number of pyridine rings is 1. The number of sulfone groups is 1. The molecule has 4 rings (SSSR count). The number of rotatable bonds is 6.